The molecule has 0 spiro atoms. The molecule has 8 heteroatoms. The van der Waals surface area contributed by atoms with Gasteiger partial charge in [0.05, 0.1) is 6.04 Å². The standard InChI is InChI=1S/C17H27NO7/c1-7-8-9-10(18-15(22)25-16(2,3)4)12(19)11-13(20)23-17(5,6)24-14(11)21/h10,19H,7-9H2,1-6H3,(H,18,22). The Morgan fingerprint density at radius 2 is 1.76 bits per heavy atom. The van der Waals surface area contributed by atoms with Crippen molar-refractivity contribution in [3.8, 4) is 0 Å². The van der Waals surface area contributed by atoms with E-state index in [2.05, 4.69) is 5.32 Å². The monoisotopic (exact) mass is 357 g/mol. The van der Waals surface area contributed by atoms with E-state index in [0.29, 0.717) is 12.8 Å². The fraction of sp³-hybridized carbons (Fsp3) is 0.706. The van der Waals surface area contributed by atoms with Gasteiger partial charge in [0, 0.05) is 13.8 Å². The van der Waals surface area contributed by atoms with Crippen molar-refractivity contribution in [3.05, 3.63) is 11.3 Å². The van der Waals surface area contributed by atoms with Gasteiger partial charge in [-0.05, 0) is 27.2 Å². The van der Waals surface area contributed by atoms with Gasteiger partial charge in [-0.15, -0.1) is 0 Å². The van der Waals surface area contributed by atoms with Crippen LogP contribution in [0.25, 0.3) is 0 Å². The number of ether oxygens (including phenoxy) is 3. The van der Waals surface area contributed by atoms with Gasteiger partial charge in [0.1, 0.15) is 11.4 Å². The van der Waals surface area contributed by atoms with Crippen molar-refractivity contribution in [2.75, 3.05) is 0 Å². The highest BCUT2D eigenvalue weighted by Gasteiger charge is 2.42. The van der Waals surface area contributed by atoms with Crippen molar-refractivity contribution in [2.45, 2.75) is 78.2 Å². The molecule has 25 heavy (non-hydrogen) atoms. The first-order valence-electron chi connectivity index (χ1n) is 8.25. The molecule has 0 saturated carbocycles. The van der Waals surface area contributed by atoms with Crippen LogP contribution >= 0.6 is 0 Å². The molecule has 1 heterocycles. The molecule has 1 atom stereocenters. The zero-order chi connectivity index (χ0) is 19.4. The zero-order valence-corrected chi connectivity index (χ0v) is 15.6. The maximum absolute atomic E-state index is 12.1. The average Bonchev–Trinajstić information content (AvgIpc) is 2.38. The summed E-state index contributed by atoms with van der Waals surface area (Å²) in [4.78, 5) is 36.1. The summed E-state index contributed by atoms with van der Waals surface area (Å²) in [6, 6.07) is -0.967. The quantitative estimate of drug-likeness (QED) is 0.337. The number of alkyl carbamates (subject to hydrolysis) is 1. The molecule has 1 rings (SSSR count). The average molecular weight is 357 g/mol. The second-order valence-corrected chi connectivity index (χ2v) is 7.28. The molecule has 0 aliphatic carbocycles. The lowest BCUT2D eigenvalue weighted by Crippen LogP contribution is -2.45. The third-order valence-corrected chi connectivity index (χ3v) is 3.21. The fourth-order valence-electron chi connectivity index (χ4n) is 2.17. The first kappa shape index (κ1) is 20.8. The molecule has 0 aromatic carbocycles. The molecule has 0 bridgehead atoms. The Kier molecular flexibility index (Phi) is 6.45. The van der Waals surface area contributed by atoms with Crippen molar-refractivity contribution < 1.29 is 33.7 Å². The van der Waals surface area contributed by atoms with E-state index >= 15 is 0 Å². The predicted molar refractivity (Wildman–Crippen MR) is 88.6 cm³/mol. The van der Waals surface area contributed by atoms with Gasteiger partial charge in [0.2, 0.25) is 0 Å². The van der Waals surface area contributed by atoms with Crippen LogP contribution in [-0.4, -0.2) is 40.6 Å². The molecule has 2 N–H and O–H groups in total. The number of carbonyl (C=O) groups excluding carboxylic acids is 3. The topological polar surface area (TPSA) is 111 Å². The number of hydrogen-bond acceptors (Lipinski definition) is 7. The Morgan fingerprint density at radius 3 is 2.20 bits per heavy atom. The smallest absolute Gasteiger partial charge is 0.408 e. The molecule has 0 aromatic heterocycles. The molecule has 1 amide bonds. The Balaban J connectivity index is 3.06. The highest BCUT2D eigenvalue weighted by molar-refractivity contribution is 6.15. The van der Waals surface area contributed by atoms with E-state index in [4.69, 9.17) is 14.2 Å². The van der Waals surface area contributed by atoms with Gasteiger partial charge in [-0.25, -0.2) is 14.4 Å². The summed E-state index contributed by atoms with van der Waals surface area (Å²) in [5, 5.41) is 12.9. The molecule has 0 radical (unpaired) electrons. The van der Waals surface area contributed by atoms with E-state index in [9.17, 15) is 19.5 Å². The van der Waals surface area contributed by atoms with Gasteiger partial charge in [-0.1, -0.05) is 19.8 Å². The number of nitrogens with one attached hydrogen (secondary N) is 1. The summed E-state index contributed by atoms with van der Waals surface area (Å²) in [7, 11) is 0. The first-order chi connectivity index (χ1) is 11.4. The third-order valence-electron chi connectivity index (χ3n) is 3.21. The number of hydrogen-bond donors (Lipinski definition) is 2. The molecule has 1 aliphatic rings. The van der Waals surface area contributed by atoms with Gasteiger partial charge in [0.25, 0.3) is 5.79 Å². The highest BCUT2D eigenvalue weighted by Crippen LogP contribution is 2.26. The van der Waals surface area contributed by atoms with Gasteiger partial charge in [-0.3, -0.25) is 0 Å². The number of aliphatic hydroxyl groups excluding tert-OH is 1. The van der Waals surface area contributed by atoms with Crippen LogP contribution < -0.4 is 5.32 Å². The molecule has 1 aliphatic heterocycles. The van der Waals surface area contributed by atoms with Crippen molar-refractivity contribution in [2.24, 2.45) is 0 Å². The summed E-state index contributed by atoms with van der Waals surface area (Å²) in [6.07, 6.45) is 0.984. The van der Waals surface area contributed by atoms with Crippen LogP contribution in [0.5, 0.6) is 0 Å². The van der Waals surface area contributed by atoms with Crippen molar-refractivity contribution >= 4 is 18.0 Å². The van der Waals surface area contributed by atoms with Crippen molar-refractivity contribution in [1.29, 1.82) is 0 Å². The second-order valence-electron chi connectivity index (χ2n) is 7.28. The molecule has 8 nitrogen and oxygen atoms in total. The van der Waals surface area contributed by atoms with E-state index in [-0.39, 0.29) is 0 Å². The van der Waals surface area contributed by atoms with Gasteiger partial charge >= 0.3 is 18.0 Å². The summed E-state index contributed by atoms with van der Waals surface area (Å²) in [6.45, 7) is 9.84. The molecule has 1 saturated heterocycles. The van der Waals surface area contributed by atoms with E-state index < -0.39 is 46.8 Å². The van der Waals surface area contributed by atoms with Crippen LogP contribution in [0.4, 0.5) is 4.79 Å². The van der Waals surface area contributed by atoms with Crippen LogP contribution in [0.3, 0.4) is 0 Å². The lowest BCUT2D eigenvalue weighted by Gasteiger charge is -2.31. The highest BCUT2D eigenvalue weighted by atomic mass is 16.7. The van der Waals surface area contributed by atoms with E-state index in [1.54, 1.807) is 20.8 Å². The third kappa shape index (κ3) is 6.28. The number of amides is 1. The molecular weight excluding hydrogens is 330 g/mol. The first-order valence-corrected chi connectivity index (χ1v) is 8.25. The number of rotatable bonds is 5. The van der Waals surface area contributed by atoms with E-state index in [0.717, 1.165) is 6.42 Å². The summed E-state index contributed by atoms with van der Waals surface area (Å²) in [5.74, 6) is -3.99. The minimum Gasteiger partial charge on any atom is -0.509 e. The van der Waals surface area contributed by atoms with Crippen LogP contribution in [0.15, 0.2) is 11.3 Å². The molecule has 142 valence electrons. The Hall–Kier alpha value is -2.25. The maximum atomic E-state index is 12.1. The van der Waals surface area contributed by atoms with Crippen LogP contribution in [0, 0.1) is 0 Å². The second kappa shape index (κ2) is 7.76. The molecule has 1 fully saturated rings. The lowest BCUT2D eigenvalue weighted by molar-refractivity contribution is -0.222. The van der Waals surface area contributed by atoms with E-state index in [1.807, 2.05) is 6.92 Å². The zero-order valence-electron chi connectivity index (χ0n) is 15.6. The van der Waals surface area contributed by atoms with Crippen LogP contribution in [0.2, 0.25) is 0 Å². The molecule has 1 unspecified atom stereocenters. The molecule has 0 aromatic rings. The van der Waals surface area contributed by atoms with Gasteiger partial charge in [0.15, 0.2) is 5.57 Å². The number of esters is 2. The summed E-state index contributed by atoms with van der Waals surface area (Å²) >= 11 is 0. The minimum atomic E-state index is -1.41. The number of aliphatic hydroxyl groups is 1. The largest absolute Gasteiger partial charge is 0.509 e. The predicted octanol–water partition coefficient (Wildman–Crippen LogP) is 2.72. The summed E-state index contributed by atoms with van der Waals surface area (Å²) < 4.78 is 15.1. The Morgan fingerprint density at radius 1 is 1.24 bits per heavy atom. The van der Waals surface area contributed by atoms with Gasteiger partial charge in [-0.2, -0.15) is 0 Å². The number of unbranched alkanes of at least 4 members (excludes halogenated alkanes) is 1. The lowest BCUT2D eigenvalue weighted by atomic mass is 10.0. The Labute approximate surface area is 147 Å². The van der Waals surface area contributed by atoms with Crippen LogP contribution in [-0.2, 0) is 23.8 Å². The summed E-state index contributed by atoms with van der Waals surface area (Å²) in [5.41, 5.74) is -1.34. The SMILES string of the molecule is CCCCC(NC(=O)OC(C)(C)C)C(O)=C1C(=O)OC(C)(C)OC1=O. The van der Waals surface area contributed by atoms with E-state index in [1.165, 1.54) is 13.8 Å². The van der Waals surface area contributed by atoms with Crippen molar-refractivity contribution in [1.82, 2.24) is 5.32 Å². The number of carbonyl (C=O) groups is 3. The van der Waals surface area contributed by atoms with Crippen molar-refractivity contribution in [3.63, 3.8) is 0 Å². The normalized spacial score (nSPS) is 18.1. The van der Waals surface area contributed by atoms with Gasteiger partial charge < -0.3 is 24.6 Å². The Bertz CT molecular complexity index is 550. The molecular formula is C17H27NO7. The minimum absolute atomic E-state index is 0.315. The number of cyclic esters (lactones) is 2. The fourth-order valence-corrected chi connectivity index (χ4v) is 2.17. The maximum Gasteiger partial charge on any atom is 0.408 e. The van der Waals surface area contributed by atoms with Crippen LogP contribution in [0.1, 0.15) is 60.8 Å².